The van der Waals surface area contributed by atoms with E-state index in [0.29, 0.717) is 6.54 Å². The summed E-state index contributed by atoms with van der Waals surface area (Å²) < 4.78 is 12.2. The predicted octanol–water partition coefficient (Wildman–Crippen LogP) is -0.229. The Bertz CT molecular complexity index is 228. The zero-order valence-electron chi connectivity index (χ0n) is 5.95. The zero-order chi connectivity index (χ0) is 8.10. The fourth-order valence-electron chi connectivity index (χ4n) is 0.472. The number of nitrogens with one attached hydrogen (secondary N) is 1. The quantitative estimate of drug-likeness (QED) is 0.614. The lowest BCUT2D eigenvalue weighted by Crippen LogP contribution is -2.21. The van der Waals surface area contributed by atoms with E-state index in [0.717, 1.165) is 6.33 Å². The van der Waals surface area contributed by atoms with Crippen LogP contribution in [0, 0.1) is 6.08 Å². The Morgan fingerprint density at radius 3 is 3.09 bits per heavy atom. The molecule has 1 rings (SSSR count). The van der Waals surface area contributed by atoms with Crippen molar-refractivity contribution in [2.45, 2.75) is 6.92 Å². The van der Waals surface area contributed by atoms with Gasteiger partial charge in [-0.1, -0.05) is 6.92 Å². The molecule has 6 heteroatoms. The van der Waals surface area contributed by atoms with Crippen LogP contribution in [0.4, 0.5) is 10.3 Å². The second-order valence-electron chi connectivity index (χ2n) is 1.68. The number of rotatable bonds is 3. The maximum atomic E-state index is 12.2. The Kier molecular flexibility index (Phi) is 2.67. The molecule has 1 aromatic rings. The molecule has 0 fully saturated rings. The molecule has 0 aliphatic heterocycles. The lowest BCUT2D eigenvalue weighted by atomic mass is 10.8. The van der Waals surface area contributed by atoms with Crippen LogP contribution in [0.5, 0.6) is 0 Å². The fourth-order valence-corrected chi connectivity index (χ4v) is 0.472. The molecule has 0 amide bonds. The molecule has 0 spiro atoms. The van der Waals surface area contributed by atoms with E-state index in [1.165, 1.54) is 0 Å². The van der Waals surface area contributed by atoms with Gasteiger partial charge < -0.3 is 0 Å². The minimum Gasteiger partial charge on any atom is -0.211 e. The smallest absolute Gasteiger partial charge is 0.211 e. The van der Waals surface area contributed by atoms with E-state index in [9.17, 15) is 4.39 Å². The van der Waals surface area contributed by atoms with Crippen molar-refractivity contribution in [1.82, 2.24) is 25.8 Å². The molecular formula is C5H7FN5. The highest BCUT2D eigenvalue weighted by Gasteiger charge is 1.97. The monoisotopic (exact) mass is 156 g/mol. The molecule has 1 heterocycles. The number of aromatic nitrogens is 3. The Morgan fingerprint density at radius 2 is 2.45 bits per heavy atom. The molecule has 59 valence electrons. The fraction of sp³-hybridized carbons (Fsp3) is 0.400. The summed E-state index contributed by atoms with van der Waals surface area (Å²) in [6, 6.07) is 0. The van der Waals surface area contributed by atoms with E-state index in [1.807, 2.05) is 6.92 Å². The highest BCUT2D eigenvalue weighted by atomic mass is 19.1. The van der Waals surface area contributed by atoms with Gasteiger partial charge in [-0.25, -0.2) is 5.43 Å². The van der Waals surface area contributed by atoms with Gasteiger partial charge in [0.2, 0.25) is 0 Å². The van der Waals surface area contributed by atoms with Crippen molar-refractivity contribution >= 4 is 5.95 Å². The van der Waals surface area contributed by atoms with Crippen LogP contribution >= 0.6 is 0 Å². The average molecular weight is 156 g/mol. The Hall–Kier alpha value is -1.30. The van der Waals surface area contributed by atoms with Crippen molar-refractivity contribution < 1.29 is 4.39 Å². The van der Waals surface area contributed by atoms with E-state index in [2.05, 4.69) is 25.8 Å². The normalized spacial score (nSPS) is 9.64. The Balaban J connectivity index is 2.56. The first-order chi connectivity index (χ1) is 5.33. The summed E-state index contributed by atoms with van der Waals surface area (Å²) >= 11 is 0. The highest BCUT2D eigenvalue weighted by molar-refractivity contribution is 5.06. The van der Waals surface area contributed by atoms with Gasteiger partial charge in [0, 0.05) is 6.54 Å². The van der Waals surface area contributed by atoms with Gasteiger partial charge >= 0.3 is 6.08 Å². The molecule has 0 atom stereocenters. The van der Waals surface area contributed by atoms with Crippen molar-refractivity contribution in [2.75, 3.05) is 6.54 Å². The van der Waals surface area contributed by atoms with Gasteiger partial charge in [-0.3, -0.25) is 0 Å². The van der Waals surface area contributed by atoms with Gasteiger partial charge in [0.05, 0.1) is 0 Å². The maximum absolute atomic E-state index is 12.2. The third kappa shape index (κ3) is 2.42. The molecule has 0 aliphatic carbocycles. The molecule has 5 nitrogen and oxygen atoms in total. The van der Waals surface area contributed by atoms with E-state index in [1.54, 1.807) is 0 Å². The molecule has 11 heavy (non-hydrogen) atoms. The first kappa shape index (κ1) is 7.80. The molecule has 0 bridgehead atoms. The molecule has 1 radical (unpaired) electrons. The summed E-state index contributed by atoms with van der Waals surface area (Å²) in [5.74, 6) is 0.0550. The van der Waals surface area contributed by atoms with Gasteiger partial charge in [-0.15, -0.1) is 0 Å². The lowest BCUT2D eigenvalue weighted by Gasteiger charge is -1.97. The van der Waals surface area contributed by atoms with Crippen LogP contribution in [0.3, 0.4) is 0 Å². The van der Waals surface area contributed by atoms with Crippen LogP contribution in [-0.4, -0.2) is 21.5 Å². The summed E-state index contributed by atoms with van der Waals surface area (Å²) in [7, 11) is 0. The number of nitrogens with zero attached hydrogens (tertiary/aromatic N) is 4. The van der Waals surface area contributed by atoms with Crippen molar-refractivity contribution in [3.63, 3.8) is 0 Å². The first-order valence-electron chi connectivity index (χ1n) is 3.11. The van der Waals surface area contributed by atoms with E-state index >= 15 is 0 Å². The van der Waals surface area contributed by atoms with Crippen LogP contribution < -0.4 is 10.9 Å². The lowest BCUT2D eigenvalue weighted by molar-refractivity contribution is 0.518. The maximum Gasteiger partial charge on any atom is 0.313 e. The number of halogens is 1. The molecule has 1 aromatic heterocycles. The minimum absolute atomic E-state index is 0.0550. The van der Waals surface area contributed by atoms with E-state index in [4.69, 9.17) is 0 Å². The van der Waals surface area contributed by atoms with Gasteiger partial charge in [0.1, 0.15) is 6.33 Å². The minimum atomic E-state index is -0.823. The van der Waals surface area contributed by atoms with Gasteiger partial charge in [0.25, 0.3) is 5.95 Å². The molecule has 1 N–H and O–H groups in total. The van der Waals surface area contributed by atoms with Gasteiger partial charge in [-0.2, -0.15) is 24.8 Å². The predicted molar refractivity (Wildman–Crippen MR) is 35.3 cm³/mol. The summed E-state index contributed by atoms with van der Waals surface area (Å²) in [5, 5.41) is 0. The summed E-state index contributed by atoms with van der Waals surface area (Å²) in [6.07, 6.45) is 0.245. The third-order valence-electron chi connectivity index (χ3n) is 0.867. The Labute approximate surface area is 63.1 Å². The molecule has 0 unspecified atom stereocenters. The van der Waals surface area contributed by atoms with Crippen LogP contribution in [0.25, 0.3) is 0 Å². The molecule has 0 aliphatic rings. The second-order valence-corrected chi connectivity index (χ2v) is 1.68. The van der Waals surface area contributed by atoms with Crippen molar-refractivity contribution in [3.8, 4) is 0 Å². The summed E-state index contributed by atoms with van der Waals surface area (Å²) in [5.41, 5.74) is 6.23. The van der Waals surface area contributed by atoms with Crippen molar-refractivity contribution in [2.24, 2.45) is 0 Å². The third-order valence-corrected chi connectivity index (χ3v) is 0.867. The highest BCUT2D eigenvalue weighted by Crippen LogP contribution is 1.92. The zero-order valence-corrected chi connectivity index (χ0v) is 5.95. The molecule has 0 aromatic carbocycles. The van der Waals surface area contributed by atoms with E-state index < -0.39 is 6.08 Å². The standard InChI is InChI=1S/C5H7FN5/c1-2-9-11-5-8-3-7-4(6)10-5/h3,9H,2H2,1H3. The van der Waals surface area contributed by atoms with Crippen LogP contribution in [0.2, 0.25) is 0 Å². The Morgan fingerprint density at radius 1 is 1.64 bits per heavy atom. The summed E-state index contributed by atoms with van der Waals surface area (Å²) in [4.78, 5) is 10.0. The first-order valence-corrected chi connectivity index (χ1v) is 3.11. The average Bonchev–Trinajstić information content (AvgIpc) is 2.01. The summed E-state index contributed by atoms with van der Waals surface area (Å²) in [6.45, 7) is 2.51. The molecule has 0 saturated carbocycles. The second kappa shape index (κ2) is 3.77. The van der Waals surface area contributed by atoms with Crippen molar-refractivity contribution in [1.29, 1.82) is 0 Å². The SMILES string of the molecule is CCN[N]c1ncnc(F)n1. The largest absolute Gasteiger partial charge is 0.313 e. The van der Waals surface area contributed by atoms with Gasteiger partial charge in [0.15, 0.2) is 0 Å². The van der Waals surface area contributed by atoms with Gasteiger partial charge in [-0.05, 0) is 0 Å². The number of hydrogen-bond donors (Lipinski definition) is 1. The van der Waals surface area contributed by atoms with Crippen LogP contribution in [-0.2, 0) is 0 Å². The topological polar surface area (TPSA) is 64.8 Å². The van der Waals surface area contributed by atoms with E-state index in [-0.39, 0.29) is 5.95 Å². The van der Waals surface area contributed by atoms with Crippen LogP contribution in [0.15, 0.2) is 6.33 Å². The molecule has 0 saturated heterocycles. The van der Waals surface area contributed by atoms with Crippen LogP contribution in [0.1, 0.15) is 6.92 Å². The number of hydrogen-bond acceptors (Lipinski definition) is 4. The molecular weight excluding hydrogens is 149 g/mol. The van der Waals surface area contributed by atoms with Crippen molar-refractivity contribution in [3.05, 3.63) is 12.4 Å².